The van der Waals surface area contributed by atoms with Crippen LogP contribution in [0.1, 0.15) is 41.8 Å². The van der Waals surface area contributed by atoms with Crippen LogP contribution in [0.5, 0.6) is 0 Å². The summed E-state index contributed by atoms with van der Waals surface area (Å²) < 4.78 is 0. The molecule has 1 atom stereocenters. The van der Waals surface area contributed by atoms with Gasteiger partial charge >= 0.3 is 0 Å². The molecular formula is C14H21N5O2. The molecule has 2 amide bonds. The van der Waals surface area contributed by atoms with Crippen LogP contribution in [0.15, 0.2) is 6.07 Å². The molecule has 2 heterocycles. The second-order valence-corrected chi connectivity index (χ2v) is 5.42. The molecule has 1 aliphatic rings. The van der Waals surface area contributed by atoms with E-state index in [4.69, 9.17) is 5.73 Å². The molecule has 0 radical (unpaired) electrons. The number of likely N-dealkylation sites (tertiary alicyclic amines) is 1. The molecular weight excluding hydrogens is 270 g/mol. The smallest absolute Gasteiger partial charge is 0.269 e. The highest BCUT2D eigenvalue weighted by molar-refractivity contribution is 5.92. The zero-order valence-corrected chi connectivity index (χ0v) is 12.6. The van der Waals surface area contributed by atoms with Gasteiger partial charge in [0.2, 0.25) is 5.91 Å². The van der Waals surface area contributed by atoms with Crippen LogP contribution < -0.4 is 11.1 Å². The van der Waals surface area contributed by atoms with E-state index in [1.165, 1.54) is 0 Å². The molecule has 21 heavy (non-hydrogen) atoms. The van der Waals surface area contributed by atoms with Crippen LogP contribution in [0.2, 0.25) is 0 Å². The lowest BCUT2D eigenvalue weighted by Gasteiger charge is -2.34. The topological polar surface area (TPSA) is 101 Å². The number of nitrogens with one attached hydrogen (secondary N) is 1. The van der Waals surface area contributed by atoms with Crippen molar-refractivity contribution in [1.82, 2.24) is 20.2 Å². The van der Waals surface area contributed by atoms with E-state index >= 15 is 0 Å². The molecule has 0 bridgehead atoms. The van der Waals surface area contributed by atoms with Crippen molar-refractivity contribution in [2.45, 2.75) is 32.2 Å². The van der Waals surface area contributed by atoms with E-state index < -0.39 is 5.54 Å². The fourth-order valence-corrected chi connectivity index (χ4v) is 2.76. The van der Waals surface area contributed by atoms with E-state index in [1.54, 1.807) is 18.0 Å². The van der Waals surface area contributed by atoms with Crippen molar-refractivity contribution in [3.8, 4) is 0 Å². The highest BCUT2D eigenvalue weighted by Crippen LogP contribution is 2.36. The molecule has 7 nitrogen and oxygen atoms in total. The predicted molar refractivity (Wildman–Crippen MR) is 77.5 cm³/mol. The molecule has 2 rings (SSSR count). The first-order valence-corrected chi connectivity index (χ1v) is 7.01. The minimum absolute atomic E-state index is 0.0380. The largest absolute Gasteiger partial charge is 0.354 e. The molecule has 1 fully saturated rings. The number of aryl methyl sites for hydroxylation is 1. The zero-order chi connectivity index (χ0) is 15.6. The lowest BCUT2D eigenvalue weighted by molar-refractivity contribution is -0.133. The SMILES string of the molecule is CNC(=O)c1cc(C)nc([C@@]2(C)CCCN2C(=O)CN)n1. The Labute approximate surface area is 123 Å². The number of carbonyl (C=O) groups excluding carboxylic acids is 2. The van der Waals surface area contributed by atoms with Gasteiger partial charge in [0, 0.05) is 19.3 Å². The maximum absolute atomic E-state index is 12.0. The summed E-state index contributed by atoms with van der Waals surface area (Å²) in [5.74, 6) is 0.113. The second-order valence-electron chi connectivity index (χ2n) is 5.42. The Morgan fingerprint density at radius 1 is 1.48 bits per heavy atom. The van der Waals surface area contributed by atoms with Gasteiger partial charge in [0.25, 0.3) is 5.91 Å². The van der Waals surface area contributed by atoms with Gasteiger partial charge < -0.3 is 16.0 Å². The number of amides is 2. The highest BCUT2D eigenvalue weighted by atomic mass is 16.2. The first kappa shape index (κ1) is 15.4. The summed E-state index contributed by atoms with van der Waals surface area (Å²) >= 11 is 0. The van der Waals surface area contributed by atoms with Gasteiger partial charge in [0.15, 0.2) is 5.82 Å². The number of nitrogens with two attached hydrogens (primary N) is 1. The quantitative estimate of drug-likeness (QED) is 0.812. The first-order chi connectivity index (χ1) is 9.92. The Bertz CT molecular complexity index is 574. The van der Waals surface area contributed by atoms with Gasteiger partial charge in [-0.3, -0.25) is 9.59 Å². The molecule has 0 aromatic carbocycles. The number of nitrogens with zero attached hydrogens (tertiary/aromatic N) is 3. The Hall–Kier alpha value is -2.02. The number of carbonyl (C=O) groups is 2. The number of rotatable bonds is 3. The molecule has 1 aromatic rings. The van der Waals surface area contributed by atoms with Crippen molar-refractivity contribution in [2.24, 2.45) is 5.73 Å². The van der Waals surface area contributed by atoms with Gasteiger partial charge in [-0.25, -0.2) is 9.97 Å². The number of hydrogen-bond acceptors (Lipinski definition) is 5. The molecule has 1 aromatic heterocycles. The van der Waals surface area contributed by atoms with Gasteiger partial charge in [-0.1, -0.05) is 0 Å². The average Bonchev–Trinajstić information content (AvgIpc) is 2.88. The van der Waals surface area contributed by atoms with Crippen LogP contribution in [0, 0.1) is 6.92 Å². The predicted octanol–water partition coefficient (Wildman–Crippen LogP) is -0.0591. The van der Waals surface area contributed by atoms with Crippen LogP contribution in [0.4, 0.5) is 0 Å². The van der Waals surface area contributed by atoms with E-state index in [9.17, 15) is 9.59 Å². The van der Waals surface area contributed by atoms with Gasteiger partial charge in [0.05, 0.1) is 12.1 Å². The summed E-state index contributed by atoms with van der Waals surface area (Å²) in [7, 11) is 1.56. The van der Waals surface area contributed by atoms with Crippen molar-refractivity contribution in [3.63, 3.8) is 0 Å². The summed E-state index contributed by atoms with van der Waals surface area (Å²) in [5, 5.41) is 2.55. The number of hydrogen-bond donors (Lipinski definition) is 2. The third-order valence-corrected chi connectivity index (χ3v) is 3.91. The Balaban J connectivity index is 2.46. The van der Waals surface area contributed by atoms with Crippen molar-refractivity contribution in [2.75, 3.05) is 20.1 Å². The van der Waals surface area contributed by atoms with Gasteiger partial charge in [-0.15, -0.1) is 0 Å². The van der Waals surface area contributed by atoms with Crippen LogP contribution in [-0.2, 0) is 10.3 Å². The van der Waals surface area contributed by atoms with Crippen LogP contribution in [-0.4, -0.2) is 46.8 Å². The minimum atomic E-state index is -0.606. The summed E-state index contributed by atoms with van der Waals surface area (Å²) in [6, 6.07) is 1.63. The summed E-state index contributed by atoms with van der Waals surface area (Å²) in [5.41, 5.74) is 5.89. The van der Waals surface area contributed by atoms with Gasteiger partial charge in [-0.05, 0) is 32.8 Å². The van der Waals surface area contributed by atoms with Crippen molar-refractivity contribution >= 4 is 11.8 Å². The standard InChI is InChI=1S/C14H21N5O2/c1-9-7-10(12(21)16-3)18-13(17-9)14(2)5-4-6-19(14)11(20)8-15/h7H,4-6,8,15H2,1-3H3,(H,16,21)/t14-/m1/s1. The fourth-order valence-electron chi connectivity index (χ4n) is 2.76. The van der Waals surface area contributed by atoms with Gasteiger partial charge in [-0.2, -0.15) is 0 Å². The van der Waals surface area contributed by atoms with E-state index in [-0.39, 0.29) is 18.4 Å². The molecule has 0 spiro atoms. The zero-order valence-electron chi connectivity index (χ0n) is 12.6. The van der Waals surface area contributed by atoms with Crippen molar-refractivity contribution < 1.29 is 9.59 Å². The summed E-state index contributed by atoms with van der Waals surface area (Å²) in [6.07, 6.45) is 1.63. The van der Waals surface area contributed by atoms with E-state index in [1.807, 2.05) is 13.8 Å². The first-order valence-electron chi connectivity index (χ1n) is 7.01. The Morgan fingerprint density at radius 3 is 2.81 bits per heavy atom. The monoisotopic (exact) mass is 291 g/mol. The lowest BCUT2D eigenvalue weighted by atomic mass is 9.97. The molecule has 0 aliphatic carbocycles. The van der Waals surface area contributed by atoms with Crippen molar-refractivity contribution in [1.29, 1.82) is 0 Å². The molecule has 114 valence electrons. The van der Waals surface area contributed by atoms with Crippen molar-refractivity contribution in [3.05, 3.63) is 23.3 Å². The average molecular weight is 291 g/mol. The molecule has 3 N–H and O–H groups in total. The third-order valence-electron chi connectivity index (χ3n) is 3.91. The minimum Gasteiger partial charge on any atom is -0.354 e. The molecule has 0 saturated carbocycles. The molecule has 0 unspecified atom stereocenters. The van der Waals surface area contributed by atoms with Crippen LogP contribution >= 0.6 is 0 Å². The second kappa shape index (κ2) is 5.77. The normalized spacial score (nSPS) is 21.4. The fraction of sp³-hybridized carbons (Fsp3) is 0.571. The number of aromatic nitrogens is 2. The van der Waals surface area contributed by atoms with Crippen LogP contribution in [0.3, 0.4) is 0 Å². The Kier molecular flexibility index (Phi) is 4.22. The maximum Gasteiger partial charge on any atom is 0.269 e. The molecule has 1 aliphatic heterocycles. The molecule has 7 heteroatoms. The van der Waals surface area contributed by atoms with Gasteiger partial charge in [0.1, 0.15) is 5.69 Å². The summed E-state index contributed by atoms with van der Waals surface area (Å²) in [6.45, 7) is 4.34. The molecule has 1 saturated heterocycles. The van der Waals surface area contributed by atoms with Crippen LogP contribution in [0.25, 0.3) is 0 Å². The Morgan fingerprint density at radius 2 is 2.19 bits per heavy atom. The maximum atomic E-state index is 12.0. The van der Waals surface area contributed by atoms with E-state index in [0.29, 0.717) is 23.8 Å². The summed E-state index contributed by atoms with van der Waals surface area (Å²) in [4.78, 5) is 34.4. The highest BCUT2D eigenvalue weighted by Gasteiger charge is 2.43. The third kappa shape index (κ3) is 2.73. The van der Waals surface area contributed by atoms with E-state index in [0.717, 1.165) is 12.8 Å². The van der Waals surface area contributed by atoms with E-state index in [2.05, 4.69) is 15.3 Å². The lowest BCUT2D eigenvalue weighted by Crippen LogP contribution is -2.46.